The van der Waals surface area contributed by atoms with Crippen molar-refractivity contribution in [3.63, 3.8) is 0 Å². The molecule has 3 heterocycles. The highest BCUT2D eigenvalue weighted by Gasteiger charge is 2.16. The number of nitrogens with one attached hydrogen (secondary N) is 3. The molecule has 0 atom stereocenters. The molecule has 0 fully saturated rings. The summed E-state index contributed by atoms with van der Waals surface area (Å²) in [7, 11) is -3.69. The minimum atomic E-state index is -3.69. The molecule has 0 saturated heterocycles. The molecule has 0 amide bonds. The number of fused-ring (bicyclic) bond motifs is 2. The van der Waals surface area contributed by atoms with Crippen molar-refractivity contribution in [1.82, 2.24) is 24.1 Å². The van der Waals surface area contributed by atoms with Crippen LogP contribution in [0.4, 0.5) is 0 Å². The van der Waals surface area contributed by atoms with E-state index >= 15 is 0 Å². The summed E-state index contributed by atoms with van der Waals surface area (Å²) in [6, 6.07) is 4.44. The molecule has 4 aromatic rings. The van der Waals surface area contributed by atoms with E-state index in [9.17, 15) is 13.2 Å². The summed E-state index contributed by atoms with van der Waals surface area (Å²) < 4.78 is 29.2. The Hall–Kier alpha value is -2.43. The van der Waals surface area contributed by atoms with E-state index in [4.69, 9.17) is 0 Å². The standard InChI is InChI=1S/C13H11N5O3S2/c19-12-16-10-2-1-9(5-11(10)17-12)23(20,21)15-6-8-7-22-13-14-3-4-18(8)13/h1-5,7,15H,6H2,(H2,16,17,19). The van der Waals surface area contributed by atoms with Crippen LogP contribution < -0.4 is 10.4 Å². The van der Waals surface area contributed by atoms with Gasteiger partial charge in [-0.3, -0.25) is 4.40 Å². The highest BCUT2D eigenvalue weighted by molar-refractivity contribution is 7.89. The Morgan fingerprint density at radius 1 is 1.26 bits per heavy atom. The Labute approximate surface area is 133 Å². The van der Waals surface area contributed by atoms with Gasteiger partial charge < -0.3 is 9.97 Å². The fraction of sp³-hybridized carbons (Fsp3) is 0.0769. The van der Waals surface area contributed by atoms with Crippen molar-refractivity contribution in [3.05, 3.63) is 52.2 Å². The first-order valence-electron chi connectivity index (χ1n) is 6.64. The fourth-order valence-corrected chi connectivity index (χ4v) is 4.21. The van der Waals surface area contributed by atoms with Crippen molar-refractivity contribution in [2.75, 3.05) is 0 Å². The molecular formula is C13H11N5O3S2. The van der Waals surface area contributed by atoms with E-state index in [1.54, 1.807) is 18.5 Å². The van der Waals surface area contributed by atoms with Crippen molar-refractivity contribution in [3.8, 4) is 0 Å². The van der Waals surface area contributed by atoms with Gasteiger partial charge in [0.1, 0.15) is 0 Å². The second kappa shape index (κ2) is 5.05. The number of H-pyrrole nitrogens is 2. The molecule has 3 aromatic heterocycles. The number of benzene rings is 1. The van der Waals surface area contributed by atoms with E-state index in [2.05, 4.69) is 19.7 Å². The average Bonchev–Trinajstić information content (AvgIpc) is 3.18. The maximum atomic E-state index is 12.4. The van der Waals surface area contributed by atoms with Crippen LogP contribution in [0, 0.1) is 0 Å². The summed E-state index contributed by atoms with van der Waals surface area (Å²) in [4.78, 5) is 21.4. The predicted octanol–water partition coefficient (Wildman–Crippen LogP) is 1.04. The Balaban J connectivity index is 1.63. The van der Waals surface area contributed by atoms with Gasteiger partial charge in [0.25, 0.3) is 0 Å². The highest BCUT2D eigenvalue weighted by atomic mass is 32.2. The van der Waals surface area contributed by atoms with E-state index < -0.39 is 10.0 Å². The van der Waals surface area contributed by atoms with E-state index in [0.29, 0.717) is 11.0 Å². The summed E-state index contributed by atoms with van der Waals surface area (Å²) in [6.45, 7) is 0.153. The first-order chi connectivity index (χ1) is 11.0. The number of aromatic nitrogens is 4. The molecule has 0 aliphatic heterocycles. The van der Waals surface area contributed by atoms with Crippen LogP contribution in [0.3, 0.4) is 0 Å². The second-order valence-electron chi connectivity index (χ2n) is 4.92. The Morgan fingerprint density at radius 2 is 2.09 bits per heavy atom. The lowest BCUT2D eigenvalue weighted by atomic mass is 10.3. The third-order valence-electron chi connectivity index (χ3n) is 3.46. The number of hydrogen-bond donors (Lipinski definition) is 3. The molecule has 1 aromatic carbocycles. The molecule has 0 aliphatic carbocycles. The van der Waals surface area contributed by atoms with Gasteiger partial charge >= 0.3 is 5.69 Å². The van der Waals surface area contributed by atoms with Gasteiger partial charge in [0.05, 0.1) is 22.5 Å². The first kappa shape index (κ1) is 14.2. The third kappa shape index (κ3) is 2.46. The molecule has 0 spiro atoms. The van der Waals surface area contributed by atoms with Crippen LogP contribution in [0.1, 0.15) is 5.69 Å². The quantitative estimate of drug-likeness (QED) is 0.511. The van der Waals surface area contributed by atoms with Crippen LogP contribution in [0.2, 0.25) is 0 Å². The topological polar surface area (TPSA) is 112 Å². The first-order valence-corrected chi connectivity index (χ1v) is 9.00. The smallest absolute Gasteiger partial charge is 0.306 e. The van der Waals surface area contributed by atoms with E-state index in [0.717, 1.165) is 10.7 Å². The molecule has 118 valence electrons. The van der Waals surface area contributed by atoms with Gasteiger partial charge in [-0.25, -0.2) is 22.9 Å². The molecule has 0 radical (unpaired) electrons. The van der Waals surface area contributed by atoms with Crippen LogP contribution >= 0.6 is 11.3 Å². The zero-order valence-corrected chi connectivity index (χ0v) is 13.2. The number of hydrogen-bond acceptors (Lipinski definition) is 5. The lowest BCUT2D eigenvalue weighted by Gasteiger charge is -2.06. The van der Waals surface area contributed by atoms with Crippen LogP contribution in [-0.2, 0) is 16.6 Å². The fourth-order valence-electron chi connectivity index (χ4n) is 2.33. The molecule has 23 heavy (non-hydrogen) atoms. The van der Waals surface area contributed by atoms with Gasteiger partial charge in [-0.15, -0.1) is 11.3 Å². The van der Waals surface area contributed by atoms with Crippen LogP contribution in [-0.4, -0.2) is 27.8 Å². The van der Waals surface area contributed by atoms with Gasteiger partial charge in [0.15, 0.2) is 4.96 Å². The SMILES string of the molecule is O=c1[nH]c2ccc(S(=O)(=O)NCc3csc4nccn34)cc2[nH]1. The maximum Gasteiger partial charge on any atom is 0.323 e. The monoisotopic (exact) mass is 349 g/mol. The second-order valence-corrected chi connectivity index (χ2v) is 7.52. The molecule has 3 N–H and O–H groups in total. The third-order valence-corrected chi connectivity index (χ3v) is 5.76. The minimum absolute atomic E-state index is 0.0948. The van der Waals surface area contributed by atoms with Gasteiger partial charge in [-0.05, 0) is 18.2 Å². The number of rotatable bonds is 4. The Kier molecular flexibility index (Phi) is 3.11. The molecule has 10 heteroatoms. The van der Waals surface area contributed by atoms with Crippen LogP contribution in [0.5, 0.6) is 0 Å². The van der Waals surface area contributed by atoms with Crippen molar-refractivity contribution >= 4 is 37.4 Å². The van der Waals surface area contributed by atoms with E-state index in [-0.39, 0.29) is 17.1 Å². The predicted molar refractivity (Wildman–Crippen MR) is 86.0 cm³/mol. The van der Waals surface area contributed by atoms with Crippen molar-refractivity contribution in [2.24, 2.45) is 0 Å². The number of aromatic amines is 2. The van der Waals surface area contributed by atoms with Gasteiger partial charge in [-0.2, -0.15) is 0 Å². The normalized spacial score (nSPS) is 12.3. The summed E-state index contributed by atoms with van der Waals surface area (Å²) >= 11 is 1.44. The summed E-state index contributed by atoms with van der Waals surface area (Å²) in [5, 5.41) is 1.86. The lowest BCUT2D eigenvalue weighted by Crippen LogP contribution is -2.23. The lowest BCUT2D eigenvalue weighted by molar-refractivity contribution is 0.580. The van der Waals surface area contributed by atoms with E-state index in [1.807, 2.05) is 9.78 Å². The largest absolute Gasteiger partial charge is 0.323 e. The molecule has 0 bridgehead atoms. The van der Waals surface area contributed by atoms with Crippen LogP contribution in [0.15, 0.2) is 45.7 Å². The maximum absolute atomic E-state index is 12.4. The molecule has 0 saturated carbocycles. The molecule has 4 rings (SSSR count). The molecule has 8 nitrogen and oxygen atoms in total. The summed E-state index contributed by atoms with van der Waals surface area (Å²) in [6.07, 6.45) is 3.45. The van der Waals surface area contributed by atoms with Crippen molar-refractivity contribution in [1.29, 1.82) is 0 Å². The van der Waals surface area contributed by atoms with Gasteiger partial charge in [0, 0.05) is 23.5 Å². The minimum Gasteiger partial charge on any atom is -0.306 e. The van der Waals surface area contributed by atoms with Crippen molar-refractivity contribution in [2.45, 2.75) is 11.4 Å². The molecular weight excluding hydrogens is 338 g/mol. The number of nitrogens with zero attached hydrogens (tertiary/aromatic N) is 2. The highest BCUT2D eigenvalue weighted by Crippen LogP contribution is 2.17. The number of thiazole rings is 1. The number of sulfonamides is 1. The zero-order valence-electron chi connectivity index (χ0n) is 11.6. The average molecular weight is 349 g/mol. The summed E-state index contributed by atoms with van der Waals surface area (Å²) in [5.74, 6) is 0. The van der Waals surface area contributed by atoms with Gasteiger partial charge in [0.2, 0.25) is 10.0 Å². The van der Waals surface area contributed by atoms with Gasteiger partial charge in [-0.1, -0.05) is 0 Å². The zero-order chi connectivity index (χ0) is 16.0. The summed E-state index contributed by atoms with van der Waals surface area (Å²) in [5.41, 5.74) is 1.45. The number of imidazole rings is 2. The Morgan fingerprint density at radius 3 is 2.96 bits per heavy atom. The van der Waals surface area contributed by atoms with Crippen molar-refractivity contribution < 1.29 is 8.42 Å². The molecule has 0 unspecified atom stereocenters. The van der Waals surface area contributed by atoms with Crippen LogP contribution in [0.25, 0.3) is 16.0 Å². The molecule has 0 aliphatic rings. The Bertz CT molecular complexity index is 1170. The van der Waals surface area contributed by atoms with E-state index in [1.165, 1.54) is 23.5 Å².